The smallest absolute Gasteiger partial charge is 0.368 e. The fourth-order valence-corrected chi connectivity index (χ4v) is 1.79. The molecule has 7 heteroatoms. The molecule has 0 unspecified atom stereocenters. The van der Waals surface area contributed by atoms with Gasteiger partial charge >= 0.3 is 6.18 Å². The van der Waals surface area contributed by atoms with Crippen molar-refractivity contribution in [3.63, 3.8) is 0 Å². The molecule has 0 radical (unpaired) electrons. The van der Waals surface area contributed by atoms with Crippen LogP contribution in [-0.2, 0) is 6.18 Å². The van der Waals surface area contributed by atoms with Crippen molar-refractivity contribution in [2.24, 2.45) is 0 Å². The molecular weight excluding hydrogens is 255 g/mol. The highest BCUT2D eigenvalue weighted by Crippen LogP contribution is 2.35. The van der Waals surface area contributed by atoms with Crippen molar-refractivity contribution in [3.05, 3.63) is 24.0 Å². The standard InChI is InChI=1S/C10H12F3N3.ClH/c11-10(12,13)8-7-15-2-1-9(8)16-5-3-14-4-6-16;/h1-2,7,14H,3-6H2;1H. The van der Waals surface area contributed by atoms with E-state index in [0.717, 1.165) is 6.20 Å². The van der Waals surface area contributed by atoms with Gasteiger partial charge in [-0.1, -0.05) is 0 Å². The lowest BCUT2D eigenvalue weighted by Crippen LogP contribution is -2.44. The van der Waals surface area contributed by atoms with Gasteiger partial charge in [0.25, 0.3) is 0 Å². The maximum Gasteiger partial charge on any atom is 0.419 e. The average Bonchev–Trinajstić information content (AvgIpc) is 2.29. The van der Waals surface area contributed by atoms with Crippen LogP contribution in [0.2, 0.25) is 0 Å². The second kappa shape index (κ2) is 5.55. The van der Waals surface area contributed by atoms with Crippen molar-refractivity contribution < 1.29 is 13.2 Å². The number of piperazine rings is 1. The Kier molecular flexibility index (Phi) is 4.59. The van der Waals surface area contributed by atoms with Gasteiger partial charge < -0.3 is 10.2 Å². The molecule has 0 bridgehead atoms. The maximum absolute atomic E-state index is 12.7. The minimum Gasteiger partial charge on any atom is -0.368 e. The highest BCUT2D eigenvalue weighted by atomic mass is 35.5. The molecule has 1 aliphatic heterocycles. The van der Waals surface area contributed by atoms with E-state index in [1.54, 1.807) is 4.90 Å². The van der Waals surface area contributed by atoms with Crippen LogP contribution in [0.25, 0.3) is 0 Å². The van der Waals surface area contributed by atoms with E-state index in [1.165, 1.54) is 12.3 Å². The molecule has 2 heterocycles. The van der Waals surface area contributed by atoms with Crippen LogP contribution in [-0.4, -0.2) is 31.2 Å². The summed E-state index contributed by atoms with van der Waals surface area (Å²) in [4.78, 5) is 5.28. The predicted molar refractivity (Wildman–Crippen MR) is 61.6 cm³/mol. The van der Waals surface area contributed by atoms with E-state index in [9.17, 15) is 13.2 Å². The predicted octanol–water partition coefficient (Wildman–Crippen LogP) is 1.93. The molecule has 1 saturated heterocycles. The number of hydrogen-bond acceptors (Lipinski definition) is 3. The van der Waals surface area contributed by atoms with E-state index in [2.05, 4.69) is 10.3 Å². The van der Waals surface area contributed by atoms with Crippen molar-refractivity contribution in [3.8, 4) is 0 Å². The normalized spacial score (nSPS) is 16.5. The summed E-state index contributed by atoms with van der Waals surface area (Å²) in [6.45, 7) is 2.60. The van der Waals surface area contributed by atoms with Gasteiger partial charge in [-0.25, -0.2) is 0 Å². The van der Waals surface area contributed by atoms with Gasteiger partial charge in [0.1, 0.15) is 0 Å². The monoisotopic (exact) mass is 267 g/mol. The van der Waals surface area contributed by atoms with Gasteiger partial charge in [-0.3, -0.25) is 4.98 Å². The second-order valence-corrected chi connectivity index (χ2v) is 3.63. The van der Waals surface area contributed by atoms with Crippen LogP contribution < -0.4 is 10.2 Å². The lowest BCUT2D eigenvalue weighted by Gasteiger charge is -2.31. The molecule has 0 aromatic carbocycles. The molecule has 96 valence electrons. The molecule has 1 aromatic heterocycles. The van der Waals surface area contributed by atoms with Gasteiger partial charge in [0.2, 0.25) is 0 Å². The van der Waals surface area contributed by atoms with Crippen LogP contribution in [0.1, 0.15) is 5.56 Å². The molecule has 2 rings (SSSR count). The highest BCUT2D eigenvalue weighted by molar-refractivity contribution is 5.85. The lowest BCUT2D eigenvalue weighted by atomic mass is 10.2. The molecule has 0 aliphatic carbocycles. The molecule has 0 atom stereocenters. The van der Waals surface area contributed by atoms with Crippen molar-refractivity contribution in [2.45, 2.75) is 6.18 Å². The van der Waals surface area contributed by atoms with Crippen molar-refractivity contribution in [1.29, 1.82) is 0 Å². The zero-order valence-electron chi connectivity index (χ0n) is 9.00. The Bertz CT molecular complexity index is 364. The Morgan fingerprint density at radius 3 is 2.47 bits per heavy atom. The zero-order chi connectivity index (χ0) is 11.6. The van der Waals surface area contributed by atoms with E-state index < -0.39 is 11.7 Å². The quantitative estimate of drug-likeness (QED) is 0.843. The Morgan fingerprint density at radius 1 is 1.24 bits per heavy atom. The summed E-state index contributed by atoms with van der Waals surface area (Å²) in [6, 6.07) is 1.42. The minimum absolute atomic E-state index is 0. The molecule has 0 spiro atoms. The lowest BCUT2D eigenvalue weighted by molar-refractivity contribution is -0.137. The largest absolute Gasteiger partial charge is 0.419 e. The van der Waals surface area contributed by atoms with Crippen LogP contribution in [0.5, 0.6) is 0 Å². The maximum atomic E-state index is 12.7. The number of nitrogens with zero attached hydrogens (tertiary/aromatic N) is 2. The molecule has 1 fully saturated rings. The summed E-state index contributed by atoms with van der Waals surface area (Å²) in [6.07, 6.45) is -2.06. The van der Waals surface area contributed by atoms with Crippen molar-refractivity contribution in [1.82, 2.24) is 10.3 Å². The molecule has 0 amide bonds. The number of aromatic nitrogens is 1. The average molecular weight is 268 g/mol. The van der Waals surface area contributed by atoms with Gasteiger partial charge in [-0.2, -0.15) is 13.2 Å². The number of anilines is 1. The second-order valence-electron chi connectivity index (χ2n) is 3.63. The fourth-order valence-electron chi connectivity index (χ4n) is 1.79. The topological polar surface area (TPSA) is 28.2 Å². The molecule has 1 N–H and O–H groups in total. The number of halogens is 4. The molecule has 0 saturated carbocycles. The summed E-state index contributed by atoms with van der Waals surface area (Å²) >= 11 is 0. The third-order valence-corrected chi connectivity index (χ3v) is 2.56. The third kappa shape index (κ3) is 3.23. The first-order valence-electron chi connectivity index (χ1n) is 5.06. The number of rotatable bonds is 1. The summed E-state index contributed by atoms with van der Waals surface area (Å²) in [5, 5.41) is 3.10. The molecule has 1 aliphatic rings. The van der Waals surface area contributed by atoms with Gasteiger partial charge in [0.15, 0.2) is 0 Å². The molecule has 17 heavy (non-hydrogen) atoms. The van der Waals surface area contributed by atoms with E-state index in [0.29, 0.717) is 26.2 Å². The molecular formula is C10H13ClF3N3. The number of alkyl halides is 3. The Hall–Kier alpha value is -1.01. The van der Waals surface area contributed by atoms with Crippen LogP contribution in [0.15, 0.2) is 18.5 Å². The van der Waals surface area contributed by atoms with Gasteiger partial charge in [0, 0.05) is 38.6 Å². The van der Waals surface area contributed by atoms with Crippen LogP contribution in [0, 0.1) is 0 Å². The van der Waals surface area contributed by atoms with Crippen molar-refractivity contribution >= 4 is 18.1 Å². The van der Waals surface area contributed by atoms with Crippen LogP contribution in [0.3, 0.4) is 0 Å². The first kappa shape index (κ1) is 14.1. The van der Waals surface area contributed by atoms with Crippen LogP contribution >= 0.6 is 12.4 Å². The van der Waals surface area contributed by atoms with E-state index in [1.807, 2.05) is 0 Å². The Morgan fingerprint density at radius 2 is 1.88 bits per heavy atom. The first-order valence-corrected chi connectivity index (χ1v) is 5.06. The van der Waals surface area contributed by atoms with E-state index in [-0.39, 0.29) is 18.1 Å². The van der Waals surface area contributed by atoms with Crippen molar-refractivity contribution in [2.75, 3.05) is 31.1 Å². The molecule has 1 aromatic rings. The van der Waals surface area contributed by atoms with Gasteiger partial charge in [0.05, 0.1) is 11.3 Å². The van der Waals surface area contributed by atoms with Gasteiger partial charge in [-0.05, 0) is 6.07 Å². The number of hydrogen-bond donors (Lipinski definition) is 1. The van der Waals surface area contributed by atoms with Crippen LogP contribution in [0.4, 0.5) is 18.9 Å². The Labute approximate surface area is 103 Å². The highest BCUT2D eigenvalue weighted by Gasteiger charge is 2.35. The summed E-state index contributed by atoms with van der Waals surface area (Å²) < 4.78 is 38.2. The van der Waals surface area contributed by atoms with E-state index in [4.69, 9.17) is 0 Å². The summed E-state index contributed by atoms with van der Waals surface area (Å²) in [5.74, 6) is 0. The summed E-state index contributed by atoms with van der Waals surface area (Å²) in [5.41, 5.74) is -0.430. The third-order valence-electron chi connectivity index (χ3n) is 2.56. The van der Waals surface area contributed by atoms with Gasteiger partial charge in [-0.15, -0.1) is 12.4 Å². The first-order chi connectivity index (χ1) is 7.59. The SMILES string of the molecule is Cl.FC(F)(F)c1cnccc1N1CCNCC1. The molecule has 3 nitrogen and oxygen atoms in total. The van der Waals surface area contributed by atoms with E-state index >= 15 is 0 Å². The Balaban J connectivity index is 0.00000144. The number of pyridine rings is 1. The fraction of sp³-hybridized carbons (Fsp3) is 0.500. The number of nitrogens with one attached hydrogen (secondary N) is 1. The summed E-state index contributed by atoms with van der Waals surface area (Å²) in [7, 11) is 0. The minimum atomic E-state index is -4.34. The zero-order valence-corrected chi connectivity index (χ0v) is 9.81.